The Kier molecular flexibility index (Phi) is 5.92. The van der Waals surface area contributed by atoms with Crippen molar-refractivity contribution in [2.24, 2.45) is 0 Å². The quantitative estimate of drug-likeness (QED) is 0.504. The maximum Gasteiger partial charge on any atom is 0.337 e. The summed E-state index contributed by atoms with van der Waals surface area (Å²) in [4.78, 5) is 20.8. The van der Waals surface area contributed by atoms with Gasteiger partial charge in [0.05, 0.1) is 12.7 Å². The molecule has 2 saturated heterocycles. The largest absolute Gasteiger partial charge is 0.487 e. The monoisotopic (exact) mass is 433 g/mol. The number of methoxy groups -OCH3 is 1. The number of aromatic nitrogens is 1. The summed E-state index contributed by atoms with van der Waals surface area (Å²) < 4.78 is 15.5. The van der Waals surface area contributed by atoms with Gasteiger partial charge in [0.1, 0.15) is 24.3 Å². The maximum absolute atomic E-state index is 11.6. The molecule has 0 aliphatic carbocycles. The molecule has 0 spiro atoms. The Morgan fingerprint density at radius 2 is 1.62 bits per heavy atom. The highest BCUT2D eigenvalue weighted by atomic mass is 16.5. The molecule has 0 unspecified atom stereocenters. The van der Waals surface area contributed by atoms with E-state index in [1.165, 1.54) is 31.1 Å². The van der Waals surface area contributed by atoms with Crippen molar-refractivity contribution in [2.45, 2.75) is 38.2 Å². The van der Waals surface area contributed by atoms with Gasteiger partial charge in [0, 0.05) is 38.3 Å². The van der Waals surface area contributed by atoms with Crippen molar-refractivity contribution in [3.8, 4) is 5.75 Å². The fraction of sp³-hybridized carbons (Fsp3) is 0.360. The molecule has 166 valence electrons. The summed E-state index contributed by atoms with van der Waals surface area (Å²) in [5.74, 6) is 0.547. The number of esters is 1. The Balaban J connectivity index is 1.11. The van der Waals surface area contributed by atoms with Crippen LogP contribution in [-0.2, 0) is 24.4 Å². The number of hydrogen-bond donors (Lipinski definition) is 0. The van der Waals surface area contributed by atoms with Crippen LogP contribution in [0.2, 0.25) is 0 Å². The molecule has 7 heteroatoms. The number of benzene rings is 2. The van der Waals surface area contributed by atoms with E-state index in [9.17, 15) is 4.79 Å². The second kappa shape index (κ2) is 9.14. The molecule has 0 N–H and O–H groups in total. The van der Waals surface area contributed by atoms with E-state index in [1.807, 2.05) is 36.4 Å². The minimum absolute atomic E-state index is 0.290. The second-order valence-electron chi connectivity index (χ2n) is 8.50. The van der Waals surface area contributed by atoms with Gasteiger partial charge in [-0.2, -0.15) is 0 Å². The van der Waals surface area contributed by atoms with Gasteiger partial charge in [-0.05, 0) is 41.8 Å². The van der Waals surface area contributed by atoms with Crippen molar-refractivity contribution in [1.82, 2.24) is 14.8 Å². The average molecular weight is 434 g/mol. The van der Waals surface area contributed by atoms with Gasteiger partial charge in [0.25, 0.3) is 0 Å². The standard InChI is InChI=1S/C25H27N3O4/c1-30-25(29)20-6-2-18(3-7-20)11-27-13-23-10-22(27)14-28(23)12-19-4-8-24(9-5-19)32-16-21-15-31-17-26-21/h2-9,15,17,22-23H,10-14,16H2,1H3/t22-,23-/m0/s1. The second-order valence-corrected chi connectivity index (χ2v) is 8.50. The van der Waals surface area contributed by atoms with Crippen LogP contribution in [0.15, 0.2) is 65.6 Å². The molecule has 32 heavy (non-hydrogen) atoms. The lowest BCUT2D eigenvalue weighted by Gasteiger charge is -2.34. The van der Waals surface area contributed by atoms with E-state index in [2.05, 4.69) is 26.9 Å². The van der Waals surface area contributed by atoms with Crippen LogP contribution in [0.3, 0.4) is 0 Å². The Bertz CT molecular complexity index is 1030. The molecule has 0 saturated carbocycles. The molecule has 7 nitrogen and oxygen atoms in total. The summed E-state index contributed by atoms with van der Waals surface area (Å²) in [5, 5.41) is 0. The smallest absolute Gasteiger partial charge is 0.337 e. The van der Waals surface area contributed by atoms with Gasteiger partial charge in [-0.3, -0.25) is 9.80 Å². The van der Waals surface area contributed by atoms with Gasteiger partial charge in [-0.1, -0.05) is 24.3 Å². The summed E-state index contributed by atoms with van der Waals surface area (Å²) in [5.41, 5.74) is 3.92. The zero-order valence-electron chi connectivity index (χ0n) is 18.1. The predicted octanol–water partition coefficient (Wildman–Crippen LogP) is 3.50. The topological polar surface area (TPSA) is 68.0 Å². The lowest BCUT2D eigenvalue weighted by Crippen LogP contribution is -2.45. The van der Waals surface area contributed by atoms with Gasteiger partial charge in [-0.15, -0.1) is 0 Å². The Hall–Kier alpha value is -3.16. The highest BCUT2D eigenvalue weighted by Gasteiger charge is 2.42. The highest BCUT2D eigenvalue weighted by Crippen LogP contribution is 2.33. The van der Waals surface area contributed by atoms with E-state index in [4.69, 9.17) is 13.9 Å². The number of fused-ring (bicyclic) bond motifs is 2. The van der Waals surface area contributed by atoms with Crippen molar-refractivity contribution in [1.29, 1.82) is 0 Å². The van der Waals surface area contributed by atoms with E-state index in [1.54, 1.807) is 6.26 Å². The van der Waals surface area contributed by atoms with Crippen molar-refractivity contribution in [3.63, 3.8) is 0 Å². The summed E-state index contributed by atoms with van der Waals surface area (Å²) >= 11 is 0. The van der Waals surface area contributed by atoms with E-state index in [0.29, 0.717) is 24.3 Å². The molecule has 2 aromatic carbocycles. The van der Waals surface area contributed by atoms with Crippen molar-refractivity contribution >= 4 is 5.97 Å². The van der Waals surface area contributed by atoms with Gasteiger partial charge in [0.2, 0.25) is 0 Å². The predicted molar refractivity (Wildman–Crippen MR) is 118 cm³/mol. The highest BCUT2D eigenvalue weighted by molar-refractivity contribution is 5.89. The first-order chi connectivity index (χ1) is 15.7. The number of rotatable bonds is 8. The lowest BCUT2D eigenvalue weighted by molar-refractivity contribution is 0.0600. The van der Waals surface area contributed by atoms with E-state index in [-0.39, 0.29) is 5.97 Å². The van der Waals surface area contributed by atoms with Gasteiger partial charge in [-0.25, -0.2) is 9.78 Å². The maximum atomic E-state index is 11.6. The summed E-state index contributed by atoms with van der Waals surface area (Å²) in [6.45, 7) is 4.48. The summed E-state index contributed by atoms with van der Waals surface area (Å²) in [6.07, 6.45) is 4.23. The molecule has 2 aliphatic heterocycles. The van der Waals surface area contributed by atoms with Crippen LogP contribution >= 0.6 is 0 Å². The molecular formula is C25H27N3O4. The Labute approximate surface area is 187 Å². The van der Waals surface area contributed by atoms with E-state index in [0.717, 1.165) is 37.6 Å². The van der Waals surface area contributed by atoms with Crippen LogP contribution in [0.1, 0.15) is 33.6 Å². The number of oxazole rings is 1. The summed E-state index contributed by atoms with van der Waals surface area (Å²) in [6, 6.07) is 17.3. The van der Waals surface area contributed by atoms with Crippen LogP contribution in [0, 0.1) is 0 Å². The first kappa shape index (κ1) is 20.7. The normalized spacial score (nSPS) is 20.5. The van der Waals surface area contributed by atoms with Crippen LogP contribution in [0.4, 0.5) is 0 Å². The molecule has 2 atom stereocenters. The van der Waals surface area contributed by atoms with Crippen LogP contribution in [0.5, 0.6) is 5.75 Å². The Morgan fingerprint density at radius 3 is 2.16 bits per heavy atom. The first-order valence-corrected chi connectivity index (χ1v) is 10.9. The summed E-state index contributed by atoms with van der Waals surface area (Å²) in [7, 11) is 1.41. The number of nitrogens with zero attached hydrogens (tertiary/aromatic N) is 3. The van der Waals surface area contributed by atoms with Gasteiger partial charge >= 0.3 is 5.97 Å². The molecule has 5 rings (SSSR count). The van der Waals surface area contributed by atoms with Crippen molar-refractivity contribution < 1.29 is 18.7 Å². The number of carbonyl (C=O) groups excluding carboxylic acids is 1. The van der Waals surface area contributed by atoms with Crippen LogP contribution < -0.4 is 4.74 Å². The van der Waals surface area contributed by atoms with E-state index >= 15 is 0 Å². The van der Waals surface area contributed by atoms with Crippen LogP contribution in [-0.4, -0.2) is 53.0 Å². The third-order valence-corrected chi connectivity index (χ3v) is 6.41. The zero-order chi connectivity index (χ0) is 21.9. The molecule has 3 aromatic rings. The molecule has 0 radical (unpaired) electrons. The van der Waals surface area contributed by atoms with Gasteiger partial charge in [0.15, 0.2) is 6.39 Å². The van der Waals surface area contributed by atoms with Gasteiger partial charge < -0.3 is 13.9 Å². The van der Waals surface area contributed by atoms with Crippen LogP contribution in [0.25, 0.3) is 0 Å². The lowest BCUT2D eigenvalue weighted by atomic mass is 10.1. The minimum atomic E-state index is -0.290. The molecule has 3 heterocycles. The minimum Gasteiger partial charge on any atom is -0.487 e. The van der Waals surface area contributed by atoms with Crippen molar-refractivity contribution in [2.75, 3.05) is 20.2 Å². The number of piperazine rings is 1. The fourth-order valence-corrected chi connectivity index (χ4v) is 4.71. The SMILES string of the molecule is COC(=O)c1ccc(CN2C[C@@H]3C[C@H]2CN3Cc2ccc(OCc3cocn3)cc2)cc1. The number of hydrogen-bond acceptors (Lipinski definition) is 7. The van der Waals surface area contributed by atoms with E-state index < -0.39 is 0 Å². The fourth-order valence-electron chi connectivity index (χ4n) is 4.71. The number of ether oxygens (including phenoxy) is 2. The molecule has 1 aromatic heterocycles. The zero-order valence-corrected chi connectivity index (χ0v) is 18.1. The number of carbonyl (C=O) groups is 1. The first-order valence-electron chi connectivity index (χ1n) is 10.9. The van der Waals surface area contributed by atoms with Crippen molar-refractivity contribution in [3.05, 3.63) is 83.6 Å². The molecule has 0 amide bonds. The number of likely N-dealkylation sites (tertiary alicyclic amines) is 2. The molecule has 2 fully saturated rings. The molecule has 2 aliphatic rings. The Morgan fingerprint density at radius 1 is 1.00 bits per heavy atom. The molecular weight excluding hydrogens is 406 g/mol. The third-order valence-electron chi connectivity index (χ3n) is 6.41. The average Bonchev–Trinajstić information content (AvgIpc) is 3.57. The molecule has 2 bridgehead atoms. The third kappa shape index (κ3) is 4.54.